The minimum absolute atomic E-state index is 0.0276. The summed E-state index contributed by atoms with van der Waals surface area (Å²) in [5.41, 5.74) is 7.46. The molecule has 0 aliphatic rings. The molecule has 0 aliphatic heterocycles. The van der Waals surface area contributed by atoms with Crippen molar-refractivity contribution in [3.8, 4) is 17.2 Å². The second-order valence-electron chi connectivity index (χ2n) is 4.53. The molecule has 0 saturated heterocycles. The van der Waals surface area contributed by atoms with Crippen molar-refractivity contribution < 1.29 is 19.3 Å². The van der Waals surface area contributed by atoms with E-state index in [2.05, 4.69) is 10.2 Å². The van der Waals surface area contributed by atoms with Crippen molar-refractivity contribution in [2.45, 2.75) is 0 Å². The van der Waals surface area contributed by atoms with Gasteiger partial charge in [-0.05, 0) is 24.3 Å². The third-order valence-corrected chi connectivity index (χ3v) is 3.00. The Kier molecular flexibility index (Phi) is 5.76. The molecule has 0 unspecified atom stereocenters. The van der Waals surface area contributed by atoms with E-state index in [-0.39, 0.29) is 13.2 Å². The van der Waals surface area contributed by atoms with Crippen molar-refractivity contribution in [1.82, 2.24) is 0 Å². The van der Waals surface area contributed by atoms with Crippen molar-refractivity contribution in [3.63, 3.8) is 0 Å². The number of benzene rings is 2. The van der Waals surface area contributed by atoms with E-state index < -0.39 is 0 Å². The molecule has 0 amide bonds. The largest absolute Gasteiger partial charge is 0.495 e. The lowest BCUT2D eigenvalue weighted by molar-refractivity contribution is 0.201. The van der Waals surface area contributed by atoms with Gasteiger partial charge >= 0.3 is 0 Å². The first-order valence-corrected chi connectivity index (χ1v) is 6.95. The fourth-order valence-corrected chi connectivity index (χ4v) is 1.87. The zero-order chi connectivity index (χ0) is 16.7. The first kappa shape index (κ1) is 16.6. The van der Waals surface area contributed by atoms with E-state index in [1.165, 1.54) is 14.2 Å². The topological polar surface area (TPSA) is 98.7 Å². The summed E-state index contributed by atoms with van der Waals surface area (Å²) in [5, 5.41) is 17.0. The fourth-order valence-electron chi connectivity index (χ4n) is 1.87. The highest BCUT2D eigenvalue weighted by Gasteiger charge is 2.08. The SMILES string of the molecule is COc1cc(/N=N/c2ccc(OCCO)cc2)c(OC)cc1N. The average molecular weight is 317 g/mol. The van der Waals surface area contributed by atoms with Crippen LogP contribution in [0.3, 0.4) is 0 Å². The normalized spacial score (nSPS) is 10.7. The molecule has 0 spiro atoms. The molecule has 0 aliphatic carbocycles. The van der Waals surface area contributed by atoms with Gasteiger partial charge in [0.05, 0.1) is 32.2 Å². The van der Waals surface area contributed by atoms with Crippen LogP contribution < -0.4 is 19.9 Å². The molecular weight excluding hydrogens is 298 g/mol. The maximum Gasteiger partial charge on any atom is 0.148 e. The van der Waals surface area contributed by atoms with Crippen molar-refractivity contribution in [2.24, 2.45) is 10.2 Å². The lowest BCUT2D eigenvalue weighted by Gasteiger charge is -2.09. The minimum atomic E-state index is -0.0276. The number of nitrogens with zero attached hydrogens (tertiary/aromatic N) is 2. The Balaban J connectivity index is 2.19. The molecule has 0 radical (unpaired) electrons. The summed E-state index contributed by atoms with van der Waals surface area (Å²) in [6.45, 7) is 0.226. The molecule has 0 bridgehead atoms. The van der Waals surface area contributed by atoms with Gasteiger partial charge in [0.2, 0.25) is 0 Å². The van der Waals surface area contributed by atoms with Crippen molar-refractivity contribution in [1.29, 1.82) is 0 Å². The number of methoxy groups -OCH3 is 2. The van der Waals surface area contributed by atoms with Gasteiger partial charge in [-0.2, -0.15) is 5.11 Å². The second kappa shape index (κ2) is 8.00. The molecular formula is C16H19N3O4. The smallest absolute Gasteiger partial charge is 0.148 e. The van der Waals surface area contributed by atoms with Gasteiger partial charge in [0.1, 0.15) is 29.5 Å². The second-order valence-corrected chi connectivity index (χ2v) is 4.53. The predicted molar refractivity (Wildman–Crippen MR) is 87.2 cm³/mol. The summed E-state index contributed by atoms with van der Waals surface area (Å²) in [6, 6.07) is 10.3. The summed E-state index contributed by atoms with van der Waals surface area (Å²) < 4.78 is 15.7. The monoisotopic (exact) mass is 317 g/mol. The van der Waals surface area contributed by atoms with E-state index in [9.17, 15) is 0 Å². The summed E-state index contributed by atoms with van der Waals surface area (Å²) in [6.07, 6.45) is 0. The van der Waals surface area contributed by atoms with Crippen LogP contribution >= 0.6 is 0 Å². The number of rotatable bonds is 7. The maximum absolute atomic E-state index is 8.71. The summed E-state index contributed by atoms with van der Waals surface area (Å²) in [7, 11) is 3.07. The highest BCUT2D eigenvalue weighted by Crippen LogP contribution is 2.37. The molecule has 3 N–H and O–H groups in total. The zero-order valence-corrected chi connectivity index (χ0v) is 13.0. The Morgan fingerprint density at radius 1 is 1.00 bits per heavy atom. The van der Waals surface area contributed by atoms with Gasteiger partial charge in [-0.1, -0.05) is 0 Å². The molecule has 122 valence electrons. The Morgan fingerprint density at radius 2 is 1.70 bits per heavy atom. The molecule has 2 aromatic carbocycles. The van der Waals surface area contributed by atoms with Gasteiger partial charge in [-0.3, -0.25) is 0 Å². The van der Waals surface area contributed by atoms with Gasteiger partial charge in [0.15, 0.2) is 0 Å². The van der Waals surface area contributed by atoms with Crippen LogP contribution in [0.15, 0.2) is 46.6 Å². The highest BCUT2D eigenvalue weighted by molar-refractivity contribution is 5.66. The number of aliphatic hydroxyl groups is 1. The van der Waals surface area contributed by atoms with Crippen molar-refractivity contribution >= 4 is 17.1 Å². The average Bonchev–Trinajstić information content (AvgIpc) is 2.59. The number of azo groups is 1. The number of hydrogen-bond acceptors (Lipinski definition) is 7. The molecule has 23 heavy (non-hydrogen) atoms. The first-order valence-electron chi connectivity index (χ1n) is 6.95. The first-order chi connectivity index (χ1) is 11.2. The van der Waals surface area contributed by atoms with Crippen molar-refractivity contribution in [2.75, 3.05) is 33.2 Å². The van der Waals surface area contributed by atoms with E-state index in [0.29, 0.717) is 34.3 Å². The van der Waals surface area contributed by atoms with Gasteiger partial charge in [-0.25, -0.2) is 0 Å². The Morgan fingerprint density at radius 3 is 2.30 bits per heavy atom. The number of nitrogen functional groups attached to an aromatic ring is 1. The molecule has 2 aromatic rings. The Labute approximate surface area is 134 Å². The fraction of sp³-hybridized carbons (Fsp3) is 0.250. The van der Waals surface area contributed by atoms with Crippen LogP contribution in [0, 0.1) is 0 Å². The molecule has 2 rings (SSSR count). The van der Waals surface area contributed by atoms with Gasteiger partial charge in [-0.15, -0.1) is 5.11 Å². The minimum Gasteiger partial charge on any atom is -0.495 e. The predicted octanol–water partition coefficient (Wildman–Crippen LogP) is 3.07. The quantitative estimate of drug-likeness (QED) is 0.604. The van der Waals surface area contributed by atoms with Crippen LogP contribution in [0.4, 0.5) is 17.1 Å². The number of aliphatic hydroxyl groups excluding tert-OH is 1. The van der Waals surface area contributed by atoms with E-state index >= 15 is 0 Å². The Bertz CT molecular complexity index is 672. The summed E-state index contributed by atoms with van der Waals surface area (Å²) in [5.74, 6) is 1.67. The zero-order valence-electron chi connectivity index (χ0n) is 13.0. The highest BCUT2D eigenvalue weighted by atomic mass is 16.5. The van der Waals surface area contributed by atoms with Crippen LogP contribution in [-0.2, 0) is 0 Å². The maximum atomic E-state index is 8.71. The summed E-state index contributed by atoms with van der Waals surface area (Å²) in [4.78, 5) is 0. The third-order valence-electron chi connectivity index (χ3n) is 3.00. The van der Waals surface area contributed by atoms with Gasteiger partial charge in [0, 0.05) is 12.1 Å². The third kappa shape index (κ3) is 4.33. The number of hydrogen-bond donors (Lipinski definition) is 2. The molecule has 0 atom stereocenters. The molecule has 0 saturated carbocycles. The van der Waals surface area contributed by atoms with E-state index in [1.54, 1.807) is 36.4 Å². The van der Waals surface area contributed by atoms with Crippen molar-refractivity contribution in [3.05, 3.63) is 36.4 Å². The lowest BCUT2D eigenvalue weighted by Crippen LogP contribution is -2.00. The lowest BCUT2D eigenvalue weighted by atomic mass is 10.2. The standard InChI is InChI=1S/C16H19N3O4/c1-21-15-10-14(16(22-2)9-13(15)17)19-18-11-3-5-12(6-4-11)23-8-7-20/h3-6,9-10,20H,7-8,17H2,1-2H3/b19-18+. The molecule has 7 heteroatoms. The van der Waals surface area contributed by atoms with Crippen LogP contribution in [0.25, 0.3) is 0 Å². The Hall–Kier alpha value is -2.80. The van der Waals surface area contributed by atoms with Crippen LogP contribution in [0.5, 0.6) is 17.2 Å². The molecule has 0 fully saturated rings. The number of anilines is 1. The van der Waals surface area contributed by atoms with Gasteiger partial charge in [0.25, 0.3) is 0 Å². The molecule has 0 aromatic heterocycles. The van der Waals surface area contributed by atoms with Crippen LogP contribution in [0.2, 0.25) is 0 Å². The number of nitrogens with two attached hydrogens (primary N) is 1. The molecule has 0 heterocycles. The van der Waals surface area contributed by atoms with Crippen LogP contribution in [-0.4, -0.2) is 32.5 Å². The number of ether oxygens (including phenoxy) is 3. The summed E-state index contributed by atoms with van der Waals surface area (Å²) >= 11 is 0. The molecule has 7 nitrogen and oxygen atoms in total. The van der Waals surface area contributed by atoms with E-state index in [0.717, 1.165) is 0 Å². The van der Waals surface area contributed by atoms with E-state index in [1.807, 2.05) is 0 Å². The van der Waals surface area contributed by atoms with E-state index in [4.69, 9.17) is 25.1 Å². The van der Waals surface area contributed by atoms with Crippen LogP contribution in [0.1, 0.15) is 0 Å². The van der Waals surface area contributed by atoms with Gasteiger partial charge < -0.3 is 25.1 Å².